The summed E-state index contributed by atoms with van der Waals surface area (Å²) in [4.78, 5) is 87.6. The Labute approximate surface area is 295 Å². The SMILES string of the molecule is CC(C)[C@H](NC(=O)CCCCCN1C(=O)C=CC1=O)C(=O)C[C@@H](CCCNC(N)=O)C(=O)Nc1ccc(CCC(=O)NCCC(C)(C)C)cc1. The van der Waals surface area contributed by atoms with Gasteiger partial charge in [0.25, 0.3) is 11.8 Å². The Bertz CT molecular complexity index is 1350. The van der Waals surface area contributed by atoms with Crippen molar-refractivity contribution in [1.82, 2.24) is 20.9 Å². The molecular formula is C37H56N6O7. The van der Waals surface area contributed by atoms with Crippen molar-refractivity contribution in [3.8, 4) is 0 Å². The number of carbonyl (C=O) groups is 7. The number of hydrogen-bond donors (Lipinski definition) is 5. The third-order valence-corrected chi connectivity index (χ3v) is 8.42. The maximum atomic E-state index is 13.5. The van der Waals surface area contributed by atoms with Gasteiger partial charge in [-0.1, -0.05) is 53.2 Å². The van der Waals surface area contributed by atoms with Gasteiger partial charge in [0, 0.05) is 62.7 Å². The number of urea groups is 1. The number of primary amides is 1. The zero-order valence-corrected chi connectivity index (χ0v) is 30.3. The molecule has 0 radical (unpaired) electrons. The summed E-state index contributed by atoms with van der Waals surface area (Å²) >= 11 is 0. The van der Waals surface area contributed by atoms with Crippen molar-refractivity contribution < 1.29 is 33.6 Å². The molecule has 1 aromatic carbocycles. The molecule has 2 rings (SSSR count). The largest absolute Gasteiger partial charge is 0.356 e. The fraction of sp³-hybridized carbons (Fsp3) is 0.595. The second kappa shape index (κ2) is 20.8. The number of benzene rings is 1. The molecule has 0 unspecified atom stereocenters. The predicted octanol–water partition coefficient (Wildman–Crippen LogP) is 3.76. The number of hydrogen-bond acceptors (Lipinski definition) is 7. The zero-order chi connectivity index (χ0) is 37.3. The number of nitrogens with two attached hydrogens (primary N) is 1. The van der Waals surface area contributed by atoms with Gasteiger partial charge in [-0.05, 0) is 67.6 Å². The van der Waals surface area contributed by atoms with Gasteiger partial charge in [-0.2, -0.15) is 0 Å². The van der Waals surface area contributed by atoms with Gasteiger partial charge < -0.3 is 27.0 Å². The van der Waals surface area contributed by atoms with E-state index in [1.165, 1.54) is 12.2 Å². The van der Waals surface area contributed by atoms with Crippen molar-refractivity contribution in [2.75, 3.05) is 25.0 Å². The van der Waals surface area contributed by atoms with E-state index in [0.717, 1.165) is 16.9 Å². The van der Waals surface area contributed by atoms with E-state index < -0.39 is 18.0 Å². The second-order valence-electron chi connectivity index (χ2n) is 14.4. The van der Waals surface area contributed by atoms with Gasteiger partial charge in [0.05, 0.1) is 6.04 Å². The van der Waals surface area contributed by atoms with Crippen LogP contribution >= 0.6 is 0 Å². The summed E-state index contributed by atoms with van der Waals surface area (Å²) in [6.45, 7) is 11.2. The lowest BCUT2D eigenvalue weighted by atomic mass is 9.89. The van der Waals surface area contributed by atoms with Crippen LogP contribution in [0.1, 0.15) is 98.0 Å². The van der Waals surface area contributed by atoms with E-state index >= 15 is 0 Å². The summed E-state index contributed by atoms with van der Waals surface area (Å²) in [5.41, 5.74) is 6.81. The molecule has 0 bridgehead atoms. The highest BCUT2D eigenvalue weighted by molar-refractivity contribution is 6.12. The number of rotatable bonds is 22. The number of imide groups is 1. The van der Waals surface area contributed by atoms with Crippen LogP contribution in [0.3, 0.4) is 0 Å². The predicted molar refractivity (Wildman–Crippen MR) is 192 cm³/mol. The van der Waals surface area contributed by atoms with Crippen LogP contribution in [0.25, 0.3) is 0 Å². The van der Waals surface area contributed by atoms with Crippen molar-refractivity contribution in [2.24, 2.45) is 23.0 Å². The van der Waals surface area contributed by atoms with Gasteiger partial charge in [-0.15, -0.1) is 0 Å². The van der Waals surface area contributed by atoms with Crippen molar-refractivity contribution in [3.05, 3.63) is 42.0 Å². The average Bonchev–Trinajstić information content (AvgIpc) is 3.35. The van der Waals surface area contributed by atoms with Gasteiger partial charge in [0.1, 0.15) is 0 Å². The summed E-state index contributed by atoms with van der Waals surface area (Å²) in [6, 6.07) is 5.74. The number of anilines is 1. The number of unbranched alkanes of at least 4 members (excludes halogenated alkanes) is 2. The van der Waals surface area contributed by atoms with Crippen LogP contribution in [0.2, 0.25) is 0 Å². The molecular weight excluding hydrogens is 640 g/mol. The molecule has 6 N–H and O–H groups in total. The van der Waals surface area contributed by atoms with E-state index in [2.05, 4.69) is 42.0 Å². The summed E-state index contributed by atoms with van der Waals surface area (Å²) in [5.74, 6) is -2.55. The Morgan fingerprint density at radius 2 is 1.48 bits per heavy atom. The molecule has 1 aromatic rings. The van der Waals surface area contributed by atoms with E-state index in [1.807, 2.05) is 26.0 Å². The van der Waals surface area contributed by atoms with Crippen LogP contribution < -0.4 is 27.0 Å². The molecule has 7 amide bonds. The summed E-state index contributed by atoms with van der Waals surface area (Å²) < 4.78 is 0. The Morgan fingerprint density at radius 3 is 2.08 bits per heavy atom. The minimum atomic E-state index is -0.794. The molecule has 0 saturated carbocycles. The minimum absolute atomic E-state index is 0.00999. The average molecular weight is 697 g/mol. The van der Waals surface area contributed by atoms with Gasteiger partial charge in [0.15, 0.2) is 5.78 Å². The Hall–Kier alpha value is -4.55. The highest BCUT2D eigenvalue weighted by Crippen LogP contribution is 2.20. The molecule has 1 aliphatic rings. The molecule has 276 valence electrons. The normalized spacial score (nSPS) is 14.0. The van der Waals surface area contributed by atoms with Gasteiger partial charge in [-0.3, -0.25) is 33.7 Å². The van der Waals surface area contributed by atoms with Crippen molar-refractivity contribution in [2.45, 2.75) is 105 Å². The number of nitrogens with one attached hydrogen (secondary N) is 4. The van der Waals surface area contributed by atoms with E-state index in [0.29, 0.717) is 63.7 Å². The van der Waals surface area contributed by atoms with Gasteiger partial charge in [-0.25, -0.2) is 4.79 Å². The molecule has 50 heavy (non-hydrogen) atoms. The molecule has 0 saturated heterocycles. The maximum Gasteiger partial charge on any atom is 0.312 e. The molecule has 0 fully saturated rings. The van der Waals surface area contributed by atoms with Crippen LogP contribution in [0, 0.1) is 17.3 Å². The highest BCUT2D eigenvalue weighted by atomic mass is 16.2. The Balaban J connectivity index is 1.92. The summed E-state index contributed by atoms with van der Waals surface area (Å²) in [6.07, 6.45) is 6.78. The smallest absolute Gasteiger partial charge is 0.312 e. The summed E-state index contributed by atoms with van der Waals surface area (Å²) in [5, 5.41) is 11.2. The first-order valence-electron chi connectivity index (χ1n) is 17.6. The van der Waals surface area contributed by atoms with E-state index in [-0.39, 0.29) is 66.0 Å². The first-order chi connectivity index (χ1) is 23.6. The number of nitrogens with zero attached hydrogens (tertiary/aromatic N) is 1. The van der Waals surface area contributed by atoms with E-state index in [9.17, 15) is 33.6 Å². The number of Topliss-reactive ketones (excluding diaryl/α,β-unsaturated/α-hetero) is 1. The molecule has 0 spiro atoms. The lowest BCUT2D eigenvalue weighted by Crippen LogP contribution is -2.45. The van der Waals surface area contributed by atoms with E-state index in [4.69, 9.17) is 5.73 Å². The van der Waals surface area contributed by atoms with Crippen LogP contribution in [-0.2, 0) is 35.2 Å². The molecule has 0 aromatic heterocycles. The monoisotopic (exact) mass is 696 g/mol. The molecule has 1 heterocycles. The third-order valence-electron chi connectivity index (χ3n) is 8.42. The minimum Gasteiger partial charge on any atom is -0.356 e. The standard InChI is InChI=1S/C37H56N6O7/c1-25(2)34(42-31(46)11-7-6-8-23-43-32(47)18-19-33(43)48)29(44)24-27(10-9-21-40-36(38)50)35(49)41-28-15-12-26(13-16-28)14-17-30(45)39-22-20-37(3,4)5/h12-13,15-16,18-19,25,27,34H,6-11,14,17,20-24H2,1-5H3,(H,39,45)(H,41,49)(H,42,46)(H3,38,40,50)/t27-,34+/m1/s1. The molecule has 0 aliphatic carbocycles. The second-order valence-corrected chi connectivity index (χ2v) is 14.4. The van der Waals surface area contributed by atoms with E-state index in [1.54, 1.807) is 12.1 Å². The number of carbonyl (C=O) groups excluding carboxylic acids is 7. The van der Waals surface area contributed by atoms with Crippen LogP contribution in [-0.4, -0.2) is 71.9 Å². The van der Waals surface area contributed by atoms with Gasteiger partial charge in [0.2, 0.25) is 17.7 Å². The molecule has 1 aliphatic heterocycles. The first kappa shape index (κ1) is 41.6. The highest BCUT2D eigenvalue weighted by Gasteiger charge is 2.29. The topological polar surface area (TPSA) is 197 Å². The lowest BCUT2D eigenvalue weighted by molar-refractivity contribution is -0.137. The third kappa shape index (κ3) is 16.2. The number of ketones is 1. The van der Waals surface area contributed by atoms with Crippen LogP contribution in [0.15, 0.2) is 36.4 Å². The quantitative estimate of drug-likeness (QED) is 0.0899. The van der Waals surface area contributed by atoms with Crippen LogP contribution in [0.4, 0.5) is 10.5 Å². The molecule has 13 nitrogen and oxygen atoms in total. The lowest BCUT2D eigenvalue weighted by Gasteiger charge is -2.24. The number of amides is 7. The molecule has 13 heteroatoms. The van der Waals surface area contributed by atoms with Crippen molar-refractivity contribution in [3.63, 3.8) is 0 Å². The Kier molecular flexibility index (Phi) is 17.4. The van der Waals surface area contributed by atoms with Crippen molar-refractivity contribution in [1.29, 1.82) is 0 Å². The zero-order valence-electron chi connectivity index (χ0n) is 30.3. The van der Waals surface area contributed by atoms with Crippen LogP contribution in [0.5, 0.6) is 0 Å². The van der Waals surface area contributed by atoms with Crippen molar-refractivity contribution >= 4 is 47.0 Å². The fourth-order valence-electron chi connectivity index (χ4n) is 5.43. The first-order valence-corrected chi connectivity index (χ1v) is 17.6. The fourth-order valence-corrected chi connectivity index (χ4v) is 5.43. The molecule has 2 atom stereocenters. The summed E-state index contributed by atoms with van der Waals surface area (Å²) in [7, 11) is 0. The Morgan fingerprint density at radius 1 is 0.820 bits per heavy atom. The van der Waals surface area contributed by atoms with Gasteiger partial charge >= 0.3 is 6.03 Å². The maximum absolute atomic E-state index is 13.5. The number of aryl methyl sites for hydroxylation is 1.